The lowest BCUT2D eigenvalue weighted by atomic mass is 9.48. The molecule has 5 nitrogen and oxygen atoms in total. The zero-order valence-corrected chi connectivity index (χ0v) is 19.4. The summed E-state index contributed by atoms with van der Waals surface area (Å²) in [6.07, 6.45) is 8.75. The Bertz CT molecular complexity index is 1150. The zero-order valence-electron chi connectivity index (χ0n) is 18.6. The molecule has 4 saturated carbocycles. The second kappa shape index (κ2) is 8.08. The van der Waals surface area contributed by atoms with Gasteiger partial charge in [0.25, 0.3) is 0 Å². The van der Waals surface area contributed by atoms with E-state index in [0.717, 1.165) is 40.4 Å². The Morgan fingerprint density at radius 2 is 1.55 bits per heavy atom. The first kappa shape index (κ1) is 22.3. The number of hydrogen-bond donors (Lipinski definition) is 1. The molecule has 0 heterocycles. The fourth-order valence-electron chi connectivity index (χ4n) is 6.75. The Hall–Kier alpha value is -2.48. The minimum Gasteiger partial charge on any atom is -0.324 e. The van der Waals surface area contributed by atoms with Crippen LogP contribution in [0.2, 0.25) is 0 Å². The molecule has 4 fully saturated rings. The highest BCUT2D eigenvalue weighted by Crippen LogP contribution is 2.60. The smallest absolute Gasteiger partial charge is 0.245 e. The van der Waals surface area contributed by atoms with Crippen LogP contribution in [0.25, 0.3) is 0 Å². The van der Waals surface area contributed by atoms with Crippen LogP contribution in [0, 0.1) is 29.4 Å². The van der Waals surface area contributed by atoms with Gasteiger partial charge in [0.05, 0.1) is 11.9 Å². The van der Waals surface area contributed by atoms with E-state index < -0.39 is 34.1 Å². The number of nitrogens with zero attached hydrogens (tertiary/aromatic N) is 1. The average Bonchev–Trinajstić information content (AvgIpc) is 2.73. The predicted molar refractivity (Wildman–Crippen MR) is 123 cm³/mol. The van der Waals surface area contributed by atoms with E-state index >= 15 is 0 Å². The van der Waals surface area contributed by atoms with Gasteiger partial charge in [0.1, 0.15) is 6.54 Å². The van der Waals surface area contributed by atoms with Crippen LogP contribution in [-0.2, 0) is 20.2 Å². The Morgan fingerprint density at radius 1 is 0.970 bits per heavy atom. The Morgan fingerprint density at radius 3 is 2.06 bits per heavy atom. The van der Waals surface area contributed by atoms with Crippen LogP contribution in [0.15, 0.2) is 42.5 Å². The van der Waals surface area contributed by atoms with Crippen molar-refractivity contribution in [2.75, 3.05) is 22.4 Å². The van der Waals surface area contributed by atoms with Gasteiger partial charge in [0.2, 0.25) is 15.9 Å². The van der Waals surface area contributed by atoms with Gasteiger partial charge in [-0.2, -0.15) is 0 Å². The lowest BCUT2D eigenvalue weighted by molar-refractivity contribution is -0.114. The molecule has 0 aliphatic heterocycles. The van der Waals surface area contributed by atoms with Crippen molar-refractivity contribution < 1.29 is 22.0 Å². The topological polar surface area (TPSA) is 66.5 Å². The van der Waals surface area contributed by atoms with Gasteiger partial charge < -0.3 is 5.32 Å². The molecular weight excluding hydrogens is 446 g/mol. The third-order valence-electron chi connectivity index (χ3n) is 7.70. The number of carbonyl (C=O) groups excluding carboxylic acids is 1. The van der Waals surface area contributed by atoms with Crippen molar-refractivity contribution >= 4 is 27.3 Å². The summed E-state index contributed by atoms with van der Waals surface area (Å²) in [5.74, 6) is -0.329. The van der Waals surface area contributed by atoms with E-state index in [2.05, 4.69) is 5.32 Å². The third-order valence-corrected chi connectivity index (χ3v) is 8.84. The van der Waals surface area contributed by atoms with Gasteiger partial charge >= 0.3 is 0 Å². The van der Waals surface area contributed by atoms with Gasteiger partial charge in [0.15, 0.2) is 11.6 Å². The van der Waals surface area contributed by atoms with E-state index in [-0.39, 0.29) is 11.1 Å². The van der Waals surface area contributed by atoms with E-state index in [1.54, 1.807) is 12.1 Å². The summed E-state index contributed by atoms with van der Waals surface area (Å²) in [5.41, 5.74) is 1.94. The van der Waals surface area contributed by atoms with Crippen LogP contribution in [-0.4, -0.2) is 27.1 Å². The number of halogens is 2. The first-order valence-corrected chi connectivity index (χ1v) is 13.3. The Kier molecular flexibility index (Phi) is 5.46. The molecule has 6 rings (SSSR count). The van der Waals surface area contributed by atoms with Crippen molar-refractivity contribution in [3.63, 3.8) is 0 Å². The normalized spacial score (nSPS) is 28.0. The summed E-state index contributed by atoms with van der Waals surface area (Å²) in [7, 11) is -3.74. The lowest BCUT2D eigenvalue weighted by Gasteiger charge is -2.57. The van der Waals surface area contributed by atoms with Crippen molar-refractivity contribution in [2.24, 2.45) is 17.8 Å². The summed E-state index contributed by atoms with van der Waals surface area (Å²) < 4.78 is 52.5. The summed E-state index contributed by atoms with van der Waals surface area (Å²) in [6.45, 7) is -0.464. The largest absolute Gasteiger partial charge is 0.324 e. The maximum Gasteiger partial charge on any atom is 0.245 e. The van der Waals surface area contributed by atoms with Crippen LogP contribution in [0.3, 0.4) is 0 Å². The molecule has 0 spiro atoms. The number of carbonyl (C=O) groups is 1. The number of hydrogen-bond acceptors (Lipinski definition) is 3. The highest BCUT2D eigenvalue weighted by Gasteiger charge is 2.51. The quantitative estimate of drug-likeness (QED) is 0.652. The maximum atomic E-state index is 13.4. The molecule has 176 valence electrons. The van der Waals surface area contributed by atoms with E-state index in [0.29, 0.717) is 5.69 Å². The van der Waals surface area contributed by atoms with Gasteiger partial charge in [-0.3, -0.25) is 9.10 Å². The fourth-order valence-corrected chi connectivity index (χ4v) is 7.61. The molecule has 4 bridgehead atoms. The van der Waals surface area contributed by atoms with Crippen molar-refractivity contribution in [3.05, 3.63) is 59.7 Å². The average molecular weight is 475 g/mol. The number of sulfonamides is 1. The minimum absolute atomic E-state index is 0.0597. The first-order valence-electron chi connectivity index (χ1n) is 11.4. The van der Waals surface area contributed by atoms with Crippen molar-refractivity contribution in [2.45, 2.75) is 43.9 Å². The van der Waals surface area contributed by atoms with Crippen LogP contribution in [0.5, 0.6) is 0 Å². The number of anilines is 2. The number of rotatable bonds is 6. The van der Waals surface area contributed by atoms with Crippen LogP contribution >= 0.6 is 0 Å². The summed E-state index contributed by atoms with van der Waals surface area (Å²) >= 11 is 0. The molecular formula is C25H28F2N2O3S. The lowest BCUT2D eigenvalue weighted by Crippen LogP contribution is -2.48. The highest BCUT2D eigenvalue weighted by molar-refractivity contribution is 7.92. The molecule has 0 saturated heterocycles. The summed E-state index contributed by atoms with van der Waals surface area (Å²) in [4.78, 5) is 12.5. The number of nitrogens with one attached hydrogen (secondary N) is 1. The molecule has 2 aromatic carbocycles. The molecule has 0 unspecified atom stereocenters. The molecule has 0 aromatic heterocycles. The van der Waals surface area contributed by atoms with E-state index in [1.165, 1.54) is 50.2 Å². The van der Waals surface area contributed by atoms with Gasteiger partial charge in [-0.15, -0.1) is 0 Å². The van der Waals surface area contributed by atoms with Gasteiger partial charge in [-0.1, -0.05) is 12.1 Å². The first-order chi connectivity index (χ1) is 15.6. The molecule has 4 aliphatic carbocycles. The Balaban J connectivity index is 1.34. The van der Waals surface area contributed by atoms with Crippen LogP contribution in [0.4, 0.5) is 20.2 Å². The van der Waals surface area contributed by atoms with E-state index in [1.807, 2.05) is 12.1 Å². The third kappa shape index (κ3) is 4.37. The second-order valence-corrected chi connectivity index (χ2v) is 12.1. The SMILES string of the molecule is CS(=O)(=O)N(CC(=O)Nc1ccc(F)c(F)c1)c1ccc(C23CC4CC(CC(C4)C2)C3)cc1. The molecule has 1 N–H and O–H groups in total. The molecule has 4 aliphatic rings. The molecule has 0 radical (unpaired) electrons. The standard InChI is InChI=1S/C25H28F2N2O3S/c1-33(31,32)29(15-24(30)28-20-4-7-22(26)23(27)11-20)21-5-2-19(3-6-21)25-12-16-8-17(13-25)10-18(9-16)14-25/h2-7,11,16-18H,8-10,12-15H2,1H3,(H,28,30). The summed E-state index contributed by atoms with van der Waals surface area (Å²) in [5, 5.41) is 2.43. The van der Waals surface area contributed by atoms with Gasteiger partial charge in [-0.25, -0.2) is 17.2 Å². The molecule has 2 aromatic rings. The van der Waals surface area contributed by atoms with Crippen LogP contribution < -0.4 is 9.62 Å². The minimum atomic E-state index is -3.74. The number of benzene rings is 2. The monoisotopic (exact) mass is 474 g/mol. The molecule has 33 heavy (non-hydrogen) atoms. The van der Waals surface area contributed by atoms with Crippen molar-refractivity contribution in [1.29, 1.82) is 0 Å². The van der Waals surface area contributed by atoms with Crippen LogP contribution in [0.1, 0.15) is 44.1 Å². The zero-order chi connectivity index (χ0) is 23.4. The van der Waals surface area contributed by atoms with Crippen molar-refractivity contribution in [3.8, 4) is 0 Å². The molecule has 0 atom stereocenters. The second-order valence-electron chi connectivity index (χ2n) is 10.2. The fraction of sp³-hybridized carbons (Fsp3) is 0.480. The summed E-state index contributed by atoms with van der Waals surface area (Å²) in [6, 6.07) is 10.6. The van der Waals surface area contributed by atoms with E-state index in [4.69, 9.17) is 0 Å². The number of amides is 1. The van der Waals surface area contributed by atoms with Crippen molar-refractivity contribution in [1.82, 2.24) is 0 Å². The van der Waals surface area contributed by atoms with Gasteiger partial charge in [-0.05, 0) is 91.5 Å². The predicted octanol–water partition coefficient (Wildman–Crippen LogP) is 4.84. The molecule has 8 heteroatoms. The highest BCUT2D eigenvalue weighted by atomic mass is 32.2. The maximum absolute atomic E-state index is 13.4. The molecule has 1 amide bonds. The van der Waals surface area contributed by atoms with Gasteiger partial charge in [0, 0.05) is 11.8 Å². The van der Waals surface area contributed by atoms with E-state index in [9.17, 15) is 22.0 Å². The Labute approximate surface area is 193 Å².